The topological polar surface area (TPSA) is 12.0 Å². The van der Waals surface area contributed by atoms with Crippen molar-refractivity contribution in [1.82, 2.24) is 5.32 Å². The lowest BCUT2D eigenvalue weighted by molar-refractivity contribution is 0.332. The van der Waals surface area contributed by atoms with Gasteiger partial charge in [0.2, 0.25) is 0 Å². The zero-order valence-corrected chi connectivity index (χ0v) is 13.2. The predicted molar refractivity (Wildman–Crippen MR) is 81.9 cm³/mol. The maximum Gasteiger partial charge on any atom is 0.00696 e. The fourth-order valence-corrected chi connectivity index (χ4v) is 3.35. The van der Waals surface area contributed by atoms with Gasteiger partial charge in [-0.15, -0.1) is 0 Å². The van der Waals surface area contributed by atoms with Crippen LogP contribution in [0.2, 0.25) is 0 Å². The van der Waals surface area contributed by atoms with E-state index in [1.165, 1.54) is 57.8 Å². The van der Waals surface area contributed by atoms with Crippen molar-refractivity contribution in [3.63, 3.8) is 0 Å². The van der Waals surface area contributed by atoms with E-state index in [2.05, 4.69) is 33.0 Å². The molecule has 1 N–H and O–H groups in total. The van der Waals surface area contributed by atoms with Gasteiger partial charge in [0.15, 0.2) is 0 Å². The fourth-order valence-electron chi connectivity index (χ4n) is 3.35. The summed E-state index contributed by atoms with van der Waals surface area (Å²) >= 11 is 0. The Morgan fingerprint density at radius 3 is 2.44 bits per heavy atom. The number of hydrogen-bond donors (Lipinski definition) is 1. The SMILES string of the molecule is CCCCCC(C)NC1CCCC(C(C)C)CC1. The molecule has 0 radical (unpaired) electrons. The van der Waals surface area contributed by atoms with Gasteiger partial charge in [0.1, 0.15) is 0 Å². The molecule has 18 heavy (non-hydrogen) atoms. The van der Waals surface area contributed by atoms with Gasteiger partial charge in [0.25, 0.3) is 0 Å². The Bertz CT molecular complexity index is 200. The molecule has 1 aliphatic carbocycles. The molecule has 3 unspecified atom stereocenters. The van der Waals surface area contributed by atoms with Crippen LogP contribution >= 0.6 is 0 Å². The number of nitrogens with one attached hydrogen (secondary N) is 1. The zero-order chi connectivity index (χ0) is 13.4. The summed E-state index contributed by atoms with van der Waals surface area (Å²) in [4.78, 5) is 0. The molecule has 1 aliphatic rings. The molecule has 0 aliphatic heterocycles. The lowest BCUT2D eigenvalue weighted by atomic mass is 9.89. The molecule has 0 aromatic heterocycles. The summed E-state index contributed by atoms with van der Waals surface area (Å²) in [5.74, 6) is 1.86. The maximum atomic E-state index is 3.88. The van der Waals surface area contributed by atoms with Crippen LogP contribution in [0.4, 0.5) is 0 Å². The molecular weight excluding hydrogens is 218 g/mol. The van der Waals surface area contributed by atoms with E-state index < -0.39 is 0 Å². The van der Waals surface area contributed by atoms with Crippen molar-refractivity contribution in [2.45, 2.75) is 97.6 Å². The van der Waals surface area contributed by atoms with Crippen LogP contribution in [0.5, 0.6) is 0 Å². The normalized spacial score (nSPS) is 27.2. The molecular formula is C17H35N. The molecule has 108 valence electrons. The smallest absolute Gasteiger partial charge is 0.00696 e. The molecule has 1 saturated carbocycles. The largest absolute Gasteiger partial charge is 0.312 e. The monoisotopic (exact) mass is 253 g/mol. The second kappa shape index (κ2) is 8.96. The van der Waals surface area contributed by atoms with Gasteiger partial charge in [-0.1, -0.05) is 52.9 Å². The maximum absolute atomic E-state index is 3.88. The molecule has 1 heteroatoms. The fraction of sp³-hybridized carbons (Fsp3) is 1.00. The summed E-state index contributed by atoms with van der Waals surface area (Å²) in [5.41, 5.74) is 0. The quantitative estimate of drug-likeness (QED) is 0.489. The zero-order valence-electron chi connectivity index (χ0n) is 13.2. The van der Waals surface area contributed by atoms with Gasteiger partial charge in [-0.2, -0.15) is 0 Å². The Balaban J connectivity index is 2.22. The first-order chi connectivity index (χ1) is 8.63. The first-order valence-corrected chi connectivity index (χ1v) is 8.39. The molecule has 1 fully saturated rings. The van der Waals surface area contributed by atoms with Gasteiger partial charge < -0.3 is 5.32 Å². The first kappa shape index (κ1) is 16.0. The average molecular weight is 253 g/mol. The second-order valence-electron chi connectivity index (χ2n) is 6.77. The number of unbranched alkanes of at least 4 members (excludes halogenated alkanes) is 2. The lowest BCUT2D eigenvalue weighted by Gasteiger charge is -2.22. The minimum atomic E-state index is 0.720. The Morgan fingerprint density at radius 1 is 1.00 bits per heavy atom. The van der Waals surface area contributed by atoms with Gasteiger partial charge in [-0.05, 0) is 44.4 Å². The lowest BCUT2D eigenvalue weighted by Crippen LogP contribution is -2.36. The number of rotatable bonds is 7. The van der Waals surface area contributed by atoms with E-state index >= 15 is 0 Å². The third-order valence-electron chi connectivity index (χ3n) is 4.72. The molecule has 0 heterocycles. The van der Waals surface area contributed by atoms with Gasteiger partial charge >= 0.3 is 0 Å². The minimum Gasteiger partial charge on any atom is -0.312 e. The van der Waals surface area contributed by atoms with Crippen LogP contribution < -0.4 is 5.32 Å². The molecule has 1 nitrogen and oxygen atoms in total. The standard InChI is InChI=1S/C17H35N/c1-5-6-7-9-15(4)18-17-11-8-10-16(12-13-17)14(2)3/h14-18H,5-13H2,1-4H3. The first-order valence-electron chi connectivity index (χ1n) is 8.39. The summed E-state index contributed by atoms with van der Waals surface area (Å²) in [6.45, 7) is 9.45. The summed E-state index contributed by atoms with van der Waals surface area (Å²) in [6.07, 6.45) is 12.6. The number of hydrogen-bond acceptors (Lipinski definition) is 1. The molecule has 0 aromatic rings. The highest BCUT2D eigenvalue weighted by Crippen LogP contribution is 2.29. The van der Waals surface area contributed by atoms with E-state index in [1.54, 1.807) is 0 Å². The van der Waals surface area contributed by atoms with Crippen LogP contribution in [0.1, 0.15) is 85.5 Å². The van der Waals surface area contributed by atoms with E-state index in [-0.39, 0.29) is 0 Å². The van der Waals surface area contributed by atoms with Crippen molar-refractivity contribution in [1.29, 1.82) is 0 Å². The van der Waals surface area contributed by atoms with Gasteiger partial charge in [-0.25, -0.2) is 0 Å². The van der Waals surface area contributed by atoms with E-state index in [0.717, 1.165) is 23.9 Å². The van der Waals surface area contributed by atoms with Crippen molar-refractivity contribution in [3.8, 4) is 0 Å². The highest BCUT2D eigenvalue weighted by molar-refractivity contribution is 4.78. The summed E-state index contributed by atoms with van der Waals surface area (Å²) < 4.78 is 0. The molecule has 0 bridgehead atoms. The van der Waals surface area contributed by atoms with E-state index in [9.17, 15) is 0 Å². The molecule has 1 rings (SSSR count). The van der Waals surface area contributed by atoms with E-state index in [1.807, 2.05) is 0 Å². The molecule has 0 aromatic carbocycles. The highest BCUT2D eigenvalue weighted by atomic mass is 14.9. The van der Waals surface area contributed by atoms with Crippen molar-refractivity contribution < 1.29 is 0 Å². The van der Waals surface area contributed by atoms with Crippen LogP contribution in [0.15, 0.2) is 0 Å². The van der Waals surface area contributed by atoms with Crippen molar-refractivity contribution >= 4 is 0 Å². The summed E-state index contributed by atoms with van der Waals surface area (Å²) in [6, 6.07) is 1.52. The summed E-state index contributed by atoms with van der Waals surface area (Å²) in [7, 11) is 0. The van der Waals surface area contributed by atoms with Crippen molar-refractivity contribution in [3.05, 3.63) is 0 Å². The Kier molecular flexibility index (Phi) is 7.97. The van der Waals surface area contributed by atoms with Gasteiger partial charge in [0.05, 0.1) is 0 Å². The van der Waals surface area contributed by atoms with Crippen LogP contribution in [-0.2, 0) is 0 Å². The summed E-state index contributed by atoms with van der Waals surface area (Å²) in [5, 5.41) is 3.88. The van der Waals surface area contributed by atoms with Crippen LogP contribution in [0.25, 0.3) is 0 Å². The van der Waals surface area contributed by atoms with E-state index in [4.69, 9.17) is 0 Å². The van der Waals surface area contributed by atoms with Crippen LogP contribution in [0, 0.1) is 11.8 Å². The Hall–Kier alpha value is -0.0400. The Morgan fingerprint density at radius 2 is 1.78 bits per heavy atom. The molecule has 0 spiro atoms. The molecule has 0 saturated heterocycles. The third-order valence-corrected chi connectivity index (χ3v) is 4.72. The van der Waals surface area contributed by atoms with Crippen LogP contribution in [0.3, 0.4) is 0 Å². The second-order valence-corrected chi connectivity index (χ2v) is 6.77. The predicted octanol–water partition coefficient (Wildman–Crippen LogP) is 5.15. The molecule has 0 amide bonds. The third kappa shape index (κ3) is 6.22. The highest BCUT2D eigenvalue weighted by Gasteiger charge is 2.21. The van der Waals surface area contributed by atoms with Crippen molar-refractivity contribution in [2.24, 2.45) is 11.8 Å². The Labute approximate surface area is 115 Å². The minimum absolute atomic E-state index is 0.720. The van der Waals surface area contributed by atoms with Gasteiger partial charge in [-0.3, -0.25) is 0 Å². The molecule has 3 atom stereocenters. The van der Waals surface area contributed by atoms with E-state index in [0.29, 0.717) is 0 Å². The van der Waals surface area contributed by atoms with Gasteiger partial charge in [0, 0.05) is 12.1 Å². The van der Waals surface area contributed by atoms with Crippen LogP contribution in [-0.4, -0.2) is 12.1 Å². The average Bonchev–Trinajstić information content (AvgIpc) is 2.55. The van der Waals surface area contributed by atoms with Crippen molar-refractivity contribution in [2.75, 3.05) is 0 Å².